The molecule has 9 heteroatoms. The lowest BCUT2D eigenvalue weighted by Gasteiger charge is -2.12. The van der Waals surface area contributed by atoms with Crippen LogP contribution in [0.1, 0.15) is 11.4 Å². The van der Waals surface area contributed by atoms with Crippen molar-refractivity contribution in [2.45, 2.75) is 12.8 Å². The quantitative estimate of drug-likeness (QED) is 0.201. The van der Waals surface area contributed by atoms with Crippen molar-refractivity contribution in [3.8, 4) is 34.1 Å². The molecular formula is C29H19Cl2F3N2O2. The lowest BCUT2D eigenvalue weighted by molar-refractivity contribution is -0.141. The first kappa shape index (κ1) is 25.7. The predicted molar refractivity (Wildman–Crippen MR) is 141 cm³/mol. The lowest BCUT2D eigenvalue weighted by Crippen LogP contribution is -2.09. The van der Waals surface area contributed by atoms with Gasteiger partial charge < -0.3 is 9.47 Å². The summed E-state index contributed by atoms with van der Waals surface area (Å²) in [5, 5.41) is 4.04. The lowest BCUT2D eigenvalue weighted by atomic mass is 10.1. The second-order valence-electron chi connectivity index (χ2n) is 8.25. The number of aromatic nitrogens is 2. The van der Waals surface area contributed by atoms with Gasteiger partial charge in [0.2, 0.25) is 0 Å². The van der Waals surface area contributed by atoms with Crippen LogP contribution in [-0.2, 0) is 12.8 Å². The van der Waals surface area contributed by atoms with Crippen LogP contribution in [0.15, 0.2) is 103 Å². The van der Waals surface area contributed by atoms with E-state index in [0.29, 0.717) is 11.5 Å². The Morgan fingerprint density at radius 2 is 1.24 bits per heavy atom. The van der Waals surface area contributed by atoms with Gasteiger partial charge >= 0.3 is 6.18 Å². The number of hydrogen-bond acceptors (Lipinski definition) is 3. The molecular weight excluding hydrogens is 536 g/mol. The third-order valence-corrected chi connectivity index (χ3v) is 6.24. The predicted octanol–water partition coefficient (Wildman–Crippen LogP) is 9.24. The molecule has 192 valence electrons. The fourth-order valence-corrected chi connectivity index (χ4v) is 4.34. The number of ether oxygens (including phenoxy) is 2. The highest BCUT2D eigenvalue weighted by Gasteiger charge is 2.35. The molecule has 0 amide bonds. The van der Waals surface area contributed by atoms with Crippen LogP contribution in [0.3, 0.4) is 0 Å². The Balaban J connectivity index is 1.31. The monoisotopic (exact) mass is 554 g/mol. The van der Waals surface area contributed by atoms with Crippen molar-refractivity contribution in [1.29, 1.82) is 0 Å². The standard InChI is InChI=1S/C29H19Cl2F3N2O2/c30-25-7-4-8-26(31)28(25)36-21(17-27(35-36)29(32,33)34)18-37-22-13-9-19(10-14-22)20-11-15-24(16-12-20)38-23-5-2-1-3-6-23/h1-17H,18H2. The smallest absolute Gasteiger partial charge is 0.435 e. The van der Waals surface area contributed by atoms with Crippen molar-refractivity contribution >= 4 is 23.2 Å². The average Bonchev–Trinajstić information content (AvgIpc) is 3.33. The number of rotatable bonds is 7. The maximum Gasteiger partial charge on any atom is 0.435 e. The number of nitrogens with zero attached hydrogens (tertiary/aromatic N) is 2. The van der Waals surface area contributed by atoms with Crippen molar-refractivity contribution in [3.05, 3.63) is 125 Å². The van der Waals surface area contributed by atoms with Crippen molar-refractivity contribution < 1.29 is 22.6 Å². The van der Waals surface area contributed by atoms with Crippen molar-refractivity contribution in [1.82, 2.24) is 9.78 Å². The zero-order chi connectivity index (χ0) is 26.7. The van der Waals surface area contributed by atoms with Gasteiger partial charge in [0.1, 0.15) is 29.5 Å². The van der Waals surface area contributed by atoms with E-state index in [1.807, 2.05) is 66.7 Å². The summed E-state index contributed by atoms with van der Waals surface area (Å²) in [4.78, 5) is 0. The van der Waals surface area contributed by atoms with E-state index in [1.54, 1.807) is 18.2 Å². The van der Waals surface area contributed by atoms with Gasteiger partial charge in [-0.05, 0) is 65.7 Å². The van der Waals surface area contributed by atoms with E-state index in [4.69, 9.17) is 32.7 Å². The molecule has 0 atom stereocenters. The molecule has 0 aliphatic rings. The first-order valence-corrected chi connectivity index (χ1v) is 12.2. The Hall–Kier alpha value is -3.94. The Labute approximate surface area is 226 Å². The number of benzene rings is 4. The van der Waals surface area contributed by atoms with Crippen LogP contribution in [0.4, 0.5) is 13.2 Å². The summed E-state index contributed by atoms with van der Waals surface area (Å²) < 4.78 is 52.9. The van der Waals surface area contributed by atoms with Gasteiger partial charge in [0, 0.05) is 0 Å². The molecule has 0 bridgehead atoms. The molecule has 0 fully saturated rings. The molecule has 5 aromatic rings. The fraction of sp³-hybridized carbons (Fsp3) is 0.0690. The molecule has 0 radical (unpaired) electrons. The number of hydrogen-bond donors (Lipinski definition) is 0. The fourth-order valence-electron chi connectivity index (χ4n) is 3.79. The van der Waals surface area contributed by atoms with E-state index in [2.05, 4.69) is 5.10 Å². The SMILES string of the molecule is FC(F)(F)c1cc(COc2ccc(-c3ccc(Oc4ccccc4)cc3)cc2)n(-c2c(Cl)cccc2Cl)n1. The van der Waals surface area contributed by atoms with E-state index in [-0.39, 0.29) is 28.0 Å². The average molecular weight is 555 g/mol. The third-order valence-electron chi connectivity index (χ3n) is 5.63. The van der Waals surface area contributed by atoms with E-state index < -0.39 is 11.9 Å². The van der Waals surface area contributed by atoms with Crippen LogP contribution >= 0.6 is 23.2 Å². The molecule has 38 heavy (non-hydrogen) atoms. The maximum atomic E-state index is 13.4. The van der Waals surface area contributed by atoms with Crippen LogP contribution in [0.25, 0.3) is 16.8 Å². The second-order valence-corrected chi connectivity index (χ2v) is 9.07. The second kappa shape index (κ2) is 10.8. The van der Waals surface area contributed by atoms with Crippen molar-refractivity contribution in [3.63, 3.8) is 0 Å². The minimum absolute atomic E-state index is 0.144. The molecule has 0 spiro atoms. The summed E-state index contributed by atoms with van der Waals surface area (Å²) in [6, 6.07) is 30.0. The minimum atomic E-state index is -4.64. The van der Waals surface area contributed by atoms with E-state index in [1.165, 1.54) is 12.1 Å². The molecule has 0 saturated heterocycles. The molecule has 1 aromatic heterocycles. The summed E-state index contributed by atoms with van der Waals surface area (Å²) in [6.45, 7) is -0.185. The van der Waals surface area contributed by atoms with Gasteiger partial charge in [-0.1, -0.05) is 71.7 Å². The molecule has 0 N–H and O–H groups in total. The van der Waals surface area contributed by atoms with Gasteiger partial charge in [0.15, 0.2) is 5.69 Å². The first-order chi connectivity index (χ1) is 18.3. The minimum Gasteiger partial charge on any atom is -0.487 e. The maximum absolute atomic E-state index is 13.4. The van der Waals surface area contributed by atoms with Gasteiger partial charge in [0.05, 0.1) is 15.7 Å². The van der Waals surface area contributed by atoms with Gasteiger partial charge in [-0.3, -0.25) is 0 Å². The number of alkyl halides is 3. The van der Waals surface area contributed by atoms with Gasteiger partial charge in [0.25, 0.3) is 0 Å². The molecule has 4 aromatic carbocycles. The van der Waals surface area contributed by atoms with Crippen LogP contribution in [0, 0.1) is 0 Å². The Morgan fingerprint density at radius 1 is 0.684 bits per heavy atom. The summed E-state index contributed by atoms with van der Waals surface area (Å²) in [5.74, 6) is 1.94. The van der Waals surface area contributed by atoms with Crippen molar-refractivity contribution in [2.75, 3.05) is 0 Å². The molecule has 0 aliphatic carbocycles. The van der Waals surface area contributed by atoms with Gasteiger partial charge in [-0.25, -0.2) is 4.68 Å². The van der Waals surface area contributed by atoms with Gasteiger partial charge in [-0.2, -0.15) is 18.3 Å². The highest BCUT2D eigenvalue weighted by Crippen LogP contribution is 2.34. The van der Waals surface area contributed by atoms with Crippen LogP contribution < -0.4 is 9.47 Å². The zero-order valence-corrected chi connectivity index (χ0v) is 21.1. The molecule has 0 aliphatic heterocycles. The van der Waals surface area contributed by atoms with E-state index in [9.17, 15) is 13.2 Å². The van der Waals surface area contributed by atoms with E-state index in [0.717, 1.165) is 27.6 Å². The first-order valence-electron chi connectivity index (χ1n) is 11.4. The summed E-state index contributed by atoms with van der Waals surface area (Å²) in [5.41, 5.74) is 1.14. The number of para-hydroxylation sites is 2. The third kappa shape index (κ3) is 5.79. The molecule has 0 unspecified atom stereocenters. The number of halogens is 5. The van der Waals surface area contributed by atoms with Gasteiger partial charge in [-0.15, -0.1) is 0 Å². The van der Waals surface area contributed by atoms with E-state index >= 15 is 0 Å². The zero-order valence-electron chi connectivity index (χ0n) is 19.6. The Morgan fingerprint density at radius 3 is 1.82 bits per heavy atom. The Kier molecular flexibility index (Phi) is 7.31. The summed E-state index contributed by atoms with van der Waals surface area (Å²) >= 11 is 12.5. The topological polar surface area (TPSA) is 36.3 Å². The van der Waals surface area contributed by atoms with Crippen LogP contribution in [0.5, 0.6) is 17.2 Å². The largest absolute Gasteiger partial charge is 0.487 e. The summed E-state index contributed by atoms with van der Waals surface area (Å²) in [7, 11) is 0. The molecule has 4 nitrogen and oxygen atoms in total. The van der Waals surface area contributed by atoms with Crippen LogP contribution in [0.2, 0.25) is 10.0 Å². The highest BCUT2D eigenvalue weighted by atomic mass is 35.5. The summed E-state index contributed by atoms with van der Waals surface area (Å²) in [6.07, 6.45) is -4.64. The normalized spacial score (nSPS) is 11.4. The molecule has 5 rings (SSSR count). The Bertz CT molecular complexity index is 1520. The van der Waals surface area contributed by atoms with Crippen molar-refractivity contribution in [2.24, 2.45) is 0 Å². The molecule has 1 heterocycles. The molecule has 0 saturated carbocycles. The van der Waals surface area contributed by atoms with Crippen LogP contribution in [-0.4, -0.2) is 9.78 Å². The highest BCUT2D eigenvalue weighted by molar-refractivity contribution is 6.37.